The third-order valence-corrected chi connectivity index (χ3v) is 12.2. The van der Waals surface area contributed by atoms with Gasteiger partial charge in [-0.05, 0) is 24.4 Å². The molecule has 0 aromatic rings. The number of hydrogen-bond donors (Lipinski definition) is 2. The fraction of sp³-hybridized carbons (Fsp3) is 0.857. The van der Waals surface area contributed by atoms with Gasteiger partial charge in [0, 0.05) is 0 Å². The molecule has 0 amide bonds. The Morgan fingerprint density at radius 3 is 1.28 bits per heavy atom. The minimum absolute atomic E-state index is 0.0366. The second kappa shape index (κ2) is 6.14. The van der Waals surface area contributed by atoms with Crippen LogP contribution >= 0.6 is 24.4 Å². The highest BCUT2D eigenvalue weighted by molar-refractivity contribution is 7.92. The molecule has 0 radical (unpaired) electrons. The molecule has 0 aromatic carbocycles. The molecule has 5 rings (SSSR count). The van der Waals surface area contributed by atoms with E-state index in [-0.39, 0.29) is 46.6 Å². The highest BCUT2D eigenvalue weighted by Gasteiger charge is 2.58. The summed E-state index contributed by atoms with van der Waals surface area (Å²) < 4.78 is 73.7. The topological polar surface area (TPSA) is 133 Å². The predicted molar refractivity (Wildman–Crippen MR) is 114 cm³/mol. The molecule has 0 bridgehead atoms. The Balaban J connectivity index is 1.51. The van der Waals surface area contributed by atoms with E-state index in [9.17, 15) is 25.3 Å². The van der Waals surface area contributed by atoms with Gasteiger partial charge in [0.1, 0.15) is 0 Å². The molecule has 0 aromatic heterocycles. The molecule has 0 spiro atoms. The second-order valence-corrected chi connectivity index (χ2v) is 15.7. The van der Waals surface area contributed by atoms with E-state index < -0.39 is 53.7 Å². The van der Waals surface area contributed by atoms with Crippen molar-refractivity contribution in [1.29, 1.82) is 0 Å². The second-order valence-electron chi connectivity index (χ2n) is 8.43. The van der Waals surface area contributed by atoms with Gasteiger partial charge in [0.25, 0.3) is 0 Å². The van der Waals surface area contributed by atoms with Crippen LogP contribution in [0.4, 0.5) is 0 Å². The van der Waals surface area contributed by atoms with E-state index in [0.29, 0.717) is 10.2 Å². The molecule has 5 saturated heterocycles. The maximum Gasteiger partial charge on any atom is 0.169 e. The van der Waals surface area contributed by atoms with Crippen molar-refractivity contribution >= 4 is 64.2 Å². The van der Waals surface area contributed by atoms with Crippen molar-refractivity contribution < 1.29 is 25.3 Å². The Kier molecular flexibility index (Phi) is 4.27. The van der Waals surface area contributed by atoms with Crippen LogP contribution in [-0.2, 0) is 29.5 Å². The number of fused-ring (bicyclic) bond motifs is 2. The third-order valence-electron chi connectivity index (χ3n) is 6.45. The number of hydrogen-bond acceptors (Lipinski definition) is 8. The summed E-state index contributed by atoms with van der Waals surface area (Å²) in [6.45, 7) is 0. The molecule has 10 nitrogen and oxygen atoms in total. The van der Waals surface area contributed by atoms with Crippen LogP contribution in [0.25, 0.3) is 0 Å². The van der Waals surface area contributed by atoms with Crippen LogP contribution in [0, 0.1) is 0 Å². The average Bonchev–Trinajstić information content (AvgIpc) is 3.24. The van der Waals surface area contributed by atoms with Crippen molar-refractivity contribution in [3.8, 4) is 0 Å². The van der Waals surface area contributed by atoms with E-state index in [1.165, 1.54) is 0 Å². The van der Waals surface area contributed by atoms with Crippen LogP contribution < -0.4 is 10.6 Å². The molecular weight excluding hydrogens is 481 g/mol. The summed E-state index contributed by atoms with van der Waals surface area (Å²) in [6.07, 6.45) is 0. The molecule has 5 aliphatic rings. The normalized spacial score (nSPS) is 43.9. The van der Waals surface area contributed by atoms with E-state index in [1.807, 2.05) is 0 Å². The molecule has 5 fully saturated rings. The first kappa shape index (κ1) is 20.2. The molecule has 0 saturated carbocycles. The van der Waals surface area contributed by atoms with E-state index in [2.05, 4.69) is 10.6 Å². The predicted octanol–water partition coefficient (Wildman–Crippen LogP) is -3.14. The number of sulfone groups is 3. The summed E-state index contributed by atoms with van der Waals surface area (Å²) in [6, 6.07) is -2.77. The first-order chi connectivity index (χ1) is 13.4. The monoisotopic (exact) mass is 500 g/mol. The lowest BCUT2D eigenvalue weighted by molar-refractivity contribution is 0.179. The van der Waals surface area contributed by atoms with Crippen LogP contribution in [0.1, 0.15) is 0 Å². The average molecular weight is 501 g/mol. The fourth-order valence-corrected chi connectivity index (χ4v) is 12.0. The standard InChI is InChI=1S/C14H20N4O6S5/c19-27(20)1-7-9(3-27)17(13(25)15-7)11-5-29(23,24)6-12(11)18-10-4-28(21,22)2-8(10)16-14(18)26/h7-12H,1-6H2,(H,15,25)(H,16,26). The van der Waals surface area contributed by atoms with Gasteiger partial charge in [-0.15, -0.1) is 0 Å². The molecule has 6 unspecified atom stereocenters. The largest absolute Gasteiger partial charge is 0.357 e. The first-order valence-electron chi connectivity index (χ1n) is 9.15. The highest BCUT2D eigenvalue weighted by atomic mass is 32.2. The van der Waals surface area contributed by atoms with Gasteiger partial charge in [-0.3, -0.25) is 0 Å². The Bertz CT molecular complexity index is 1040. The molecule has 5 heterocycles. The Hall–Kier alpha value is -0.770. The van der Waals surface area contributed by atoms with Gasteiger partial charge in [0.2, 0.25) is 0 Å². The fourth-order valence-electron chi connectivity index (χ4n) is 5.38. The van der Waals surface area contributed by atoms with Gasteiger partial charge in [-0.2, -0.15) is 0 Å². The lowest BCUT2D eigenvalue weighted by Gasteiger charge is -2.39. The lowest BCUT2D eigenvalue weighted by Crippen LogP contribution is -2.57. The van der Waals surface area contributed by atoms with Gasteiger partial charge in [-0.1, -0.05) is 0 Å². The summed E-state index contributed by atoms with van der Waals surface area (Å²) in [4.78, 5) is 3.44. The summed E-state index contributed by atoms with van der Waals surface area (Å²) in [5, 5.41) is 6.74. The summed E-state index contributed by atoms with van der Waals surface area (Å²) >= 11 is 10.9. The Labute approximate surface area is 180 Å². The van der Waals surface area contributed by atoms with Crippen LogP contribution in [-0.4, -0.2) is 116 Å². The molecule has 29 heavy (non-hydrogen) atoms. The van der Waals surface area contributed by atoms with Crippen molar-refractivity contribution in [3.63, 3.8) is 0 Å². The van der Waals surface area contributed by atoms with E-state index in [4.69, 9.17) is 24.4 Å². The van der Waals surface area contributed by atoms with Crippen molar-refractivity contribution in [2.75, 3.05) is 34.5 Å². The van der Waals surface area contributed by atoms with Gasteiger partial charge >= 0.3 is 0 Å². The summed E-state index contributed by atoms with van der Waals surface area (Å²) in [5.41, 5.74) is 0. The van der Waals surface area contributed by atoms with Gasteiger partial charge in [0.05, 0.1) is 70.8 Å². The van der Waals surface area contributed by atoms with Gasteiger partial charge in [0.15, 0.2) is 39.7 Å². The van der Waals surface area contributed by atoms with Crippen molar-refractivity contribution in [2.45, 2.75) is 36.3 Å². The Morgan fingerprint density at radius 1 is 0.586 bits per heavy atom. The van der Waals surface area contributed by atoms with Crippen LogP contribution in [0.2, 0.25) is 0 Å². The maximum absolute atomic E-state index is 12.6. The van der Waals surface area contributed by atoms with E-state index in [1.54, 1.807) is 9.80 Å². The lowest BCUT2D eigenvalue weighted by atomic mass is 10.0. The SMILES string of the molecule is O=S1(=O)CC2NC(=S)N(C3CS(=O)(=O)CC3N3C(=S)NC4CS(=O)(=O)CC43)C2C1. The summed E-state index contributed by atoms with van der Waals surface area (Å²) in [5.74, 6) is -0.595. The van der Waals surface area contributed by atoms with Crippen LogP contribution in [0.3, 0.4) is 0 Å². The van der Waals surface area contributed by atoms with Crippen LogP contribution in [0.5, 0.6) is 0 Å². The van der Waals surface area contributed by atoms with Gasteiger partial charge in [-0.25, -0.2) is 25.3 Å². The van der Waals surface area contributed by atoms with E-state index >= 15 is 0 Å². The first-order valence-corrected chi connectivity index (χ1v) is 15.4. The number of nitrogens with zero attached hydrogens (tertiary/aromatic N) is 2. The molecule has 162 valence electrons. The number of thiocarbonyl (C=S) groups is 2. The zero-order chi connectivity index (χ0) is 20.9. The number of rotatable bonds is 2. The minimum atomic E-state index is -3.44. The Morgan fingerprint density at radius 2 is 0.897 bits per heavy atom. The molecular formula is C14H20N4O6S5. The zero-order valence-corrected chi connectivity index (χ0v) is 19.2. The van der Waals surface area contributed by atoms with E-state index in [0.717, 1.165) is 0 Å². The number of nitrogens with one attached hydrogen (secondary N) is 2. The van der Waals surface area contributed by atoms with Crippen molar-refractivity contribution in [3.05, 3.63) is 0 Å². The highest BCUT2D eigenvalue weighted by Crippen LogP contribution is 2.36. The molecule has 6 atom stereocenters. The molecule has 0 aliphatic carbocycles. The maximum atomic E-state index is 12.6. The zero-order valence-electron chi connectivity index (χ0n) is 15.1. The van der Waals surface area contributed by atoms with Crippen molar-refractivity contribution in [1.82, 2.24) is 20.4 Å². The quantitative estimate of drug-likeness (QED) is 0.371. The van der Waals surface area contributed by atoms with Crippen molar-refractivity contribution in [2.24, 2.45) is 0 Å². The van der Waals surface area contributed by atoms with Gasteiger partial charge < -0.3 is 20.4 Å². The minimum Gasteiger partial charge on any atom is -0.357 e. The summed E-state index contributed by atoms with van der Waals surface area (Å²) in [7, 11) is -9.92. The molecule has 2 N–H and O–H groups in total. The van der Waals surface area contributed by atoms with Crippen LogP contribution in [0.15, 0.2) is 0 Å². The molecule has 15 heteroatoms. The smallest absolute Gasteiger partial charge is 0.169 e. The molecule has 5 aliphatic heterocycles. The third kappa shape index (κ3) is 3.23.